The van der Waals surface area contributed by atoms with Crippen molar-refractivity contribution in [2.24, 2.45) is 0 Å². The van der Waals surface area contributed by atoms with E-state index in [1.165, 1.54) is 13.2 Å². The maximum Gasteiger partial charge on any atom is 0.337 e. The zero-order valence-corrected chi connectivity index (χ0v) is 12.4. The molecule has 0 bridgehead atoms. The van der Waals surface area contributed by atoms with E-state index < -0.39 is 0 Å². The molecule has 1 heterocycles. The number of piperazine rings is 1. The maximum atomic E-state index is 11.7. The van der Waals surface area contributed by atoms with Gasteiger partial charge in [0.25, 0.3) is 0 Å². The average Bonchev–Trinajstić information content (AvgIpc) is 2.53. The van der Waals surface area contributed by atoms with Crippen molar-refractivity contribution in [2.45, 2.75) is 13.0 Å². The van der Waals surface area contributed by atoms with Crippen molar-refractivity contribution in [2.75, 3.05) is 31.6 Å². The Bertz CT molecular complexity index is 539. The van der Waals surface area contributed by atoms with Gasteiger partial charge in [0.05, 0.1) is 12.7 Å². The van der Waals surface area contributed by atoms with E-state index in [-0.39, 0.29) is 17.9 Å². The normalized spacial score (nSPS) is 18.3. The number of hydrogen-bond acceptors (Lipinski definition) is 4. The molecule has 0 saturated carbocycles. The Morgan fingerprint density at radius 3 is 2.48 bits per heavy atom. The van der Waals surface area contributed by atoms with E-state index in [0.29, 0.717) is 12.1 Å². The van der Waals surface area contributed by atoms with Crippen molar-refractivity contribution in [3.05, 3.63) is 42.5 Å². The minimum Gasteiger partial charge on any atom is -0.465 e. The molecule has 112 valence electrons. The van der Waals surface area contributed by atoms with E-state index in [9.17, 15) is 9.59 Å². The van der Waals surface area contributed by atoms with Gasteiger partial charge in [-0.2, -0.15) is 0 Å². The molecule has 1 aliphatic heterocycles. The predicted molar refractivity (Wildman–Crippen MR) is 81.4 cm³/mol. The highest BCUT2D eigenvalue weighted by Gasteiger charge is 2.26. The molecule has 5 nitrogen and oxygen atoms in total. The van der Waals surface area contributed by atoms with Crippen LogP contribution in [-0.4, -0.2) is 49.6 Å². The molecule has 0 N–H and O–H groups in total. The van der Waals surface area contributed by atoms with Crippen LogP contribution < -0.4 is 4.90 Å². The summed E-state index contributed by atoms with van der Waals surface area (Å²) >= 11 is 0. The molecule has 0 aliphatic carbocycles. The number of carbonyl (C=O) groups is 2. The first kappa shape index (κ1) is 15.1. The van der Waals surface area contributed by atoms with Crippen molar-refractivity contribution in [3.63, 3.8) is 0 Å². The van der Waals surface area contributed by atoms with Crippen LogP contribution in [0.5, 0.6) is 0 Å². The molecule has 1 aliphatic rings. The zero-order valence-electron chi connectivity index (χ0n) is 12.4. The van der Waals surface area contributed by atoms with Gasteiger partial charge in [0.2, 0.25) is 5.91 Å². The van der Waals surface area contributed by atoms with Gasteiger partial charge in [-0.15, -0.1) is 0 Å². The van der Waals surface area contributed by atoms with E-state index in [0.717, 1.165) is 18.8 Å². The number of amides is 1. The van der Waals surface area contributed by atoms with Gasteiger partial charge in [0, 0.05) is 31.4 Å². The van der Waals surface area contributed by atoms with Gasteiger partial charge in [-0.1, -0.05) is 6.58 Å². The molecule has 1 amide bonds. The summed E-state index contributed by atoms with van der Waals surface area (Å²) < 4.78 is 4.69. The fourth-order valence-electron chi connectivity index (χ4n) is 2.56. The molecule has 0 radical (unpaired) electrons. The van der Waals surface area contributed by atoms with Crippen molar-refractivity contribution >= 4 is 17.6 Å². The molecule has 1 atom stereocenters. The fourth-order valence-corrected chi connectivity index (χ4v) is 2.56. The predicted octanol–water partition coefficient (Wildman–Crippen LogP) is 1.70. The molecule has 5 heteroatoms. The summed E-state index contributed by atoms with van der Waals surface area (Å²) in [7, 11) is 1.37. The van der Waals surface area contributed by atoms with E-state index in [1.807, 2.05) is 24.0 Å². The summed E-state index contributed by atoms with van der Waals surface area (Å²) in [6.07, 6.45) is 1.36. The highest BCUT2D eigenvalue weighted by atomic mass is 16.5. The van der Waals surface area contributed by atoms with Crippen molar-refractivity contribution in [3.8, 4) is 0 Å². The molecular weight excluding hydrogens is 268 g/mol. The largest absolute Gasteiger partial charge is 0.465 e. The van der Waals surface area contributed by atoms with Crippen molar-refractivity contribution < 1.29 is 14.3 Å². The lowest BCUT2D eigenvalue weighted by atomic mass is 10.1. The smallest absolute Gasteiger partial charge is 0.337 e. The van der Waals surface area contributed by atoms with Gasteiger partial charge in [0.1, 0.15) is 0 Å². The molecule has 2 rings (SSSR count). The van der Waals surface area contributed by atoms with Crippen molar-refractivity contribution in [1.82, 2.24) is 4.90 Å². The third-order valence-electron chi connectivity index (χ3n) is 3.74. The van der Waals surface area contributed by atoms with Crippen LogP contribution in [0.1, 0.15) is 17.3 Å². The lowest BCUT2D eigenvalue weighted by Crippen LogP contribution is -2.53. The van der Waals surface area contributed by atoms with Crippen LogP contribution in [0.2, 0.25) is 0 Å². The summed E-state index contributed by atoms with van der Waals surface area (Å²) in [4.78, 5) is 27.2. The number of benzene rings is 1. The van der Waals surface area contributed by atoms with Crippen LogP contribution in [0.15, 0.2) is 36.9 Å². The lowest BCUT2D eigenvalue weighted by Gasteiger charge is -2.40. The van der Waals surface area contributed by atoms with E-state index in [4.69, 9.17) is 0 Å². The SMILES string of the molecule is C=CC(=O)N1CCN(c2ccc(C(=O)OC)cc2)CC1C. The summed E-state index contributed by atoms with van der Waals surface area (Å²) in [5.41, 5.74) is 1.58. The number of esters is 1. The minimum atomic E-state index is -0.337. The Labute approximate surface area is 124 Å². The molecule has 1 unspecified atom stereocenters. The molecule has 1 aromatic carbocycles. The van der Waals surface area contributed by atoms with Crippen LogP contribution in [-0.2, 0) is 9.53 Å². The highest BCUT2D eigenvalue weighted by molar-refractivity contribution is 5.89. The summed E-state index contributed by atoms with van der Waals surface area (Å²) in [5.74, 6) is -0.362. The fraction of sp³-hybridized carbons (Fsp3) is 0.375. The Balaban J connectivity index is 2.06. The first-order valence-electron chi connectivity index (χ1n) is 6.93. The second kappa shape index (κ2) is 6.43. The number of anilines is 1. The monoisotopic (exact) mass is 288 g/mol. The first-order valence-corrected chi connectivity index (χ1v) is 6.93. The zero-order chi connectivity index (χ0) is 15.4. The second-order valence-corrected chi connectivity index (χ2v) is 5.07. The number of ether oxygens (including phenoxy) is 1. The van der Waals surface area contributed by atoms with Crippen LogP contribution >= 0.6 is 0 Å². The molecule has 0 aromatic heterocycles. The number of hydrogen-bond donors (Lipinski definition) is 0. The molecule has 1 fully saturated rings. The van der Waals surface area contributed by atoms with E-state index in [2.05, 4.69) is 16.2 Å². The Morgan fingerprint density at radius 1 is 1.29 bits per heavy atom. The first-order chi connectivity index (χ1) is 10.1. The number of carbonyl (C=O) groups excluding carboxylic acids is 2. The molecule has 0 spiro atoms. The Morgan fingerprint density at radius 2 is 1.95 bits per heavy atom. The van der Waals surface area contributed by atoms with Crippen molar-refractivity contribution in [1.29, 1.82) is 0 Å². The minimum absolute atomic E-state index is 0.0248. The molecule has 21 heavy (non-hydrogen) atoms. The highest BCUT2D eigenvalue weighted by Crippen LogP contribution is 2.20. The van der Waals surface area contributed by atoms with Gasteiger partial charge in [0.15, 0.2) is 0 Å². The van der Waals surface area contributed by atoms with Gasteiger partial charge in [-0.3, -0.25) is 4.79 Å². The summed E-state index contributed by atoms with van der Waals surface area (Å²) in [6, 6.07) is 7.46. The third kappa shape index (κ3) is 3.24. The number of methoxy groups -OCH3 is 1. The second-order valence-electron chi connectivity index (χ2n) is 5.07. The van der Waals surface area contributed by atoms with Crippen LogP contribution in [0, 0.1) is 0 Å². The van der Waals surface area contributed by atoms with Crippen LogP contribution in [0.25, 0.3) is 0 Å². The molecule has 1 aromatic rings. The van der Waals surface area contributed by atoms with E-state index in [1.54, 1.807) is 12.1 Å². The van der Waals surface area contributed by atoms with Gasteiger partial charge >= 0.3 is 5.97 Å². The van der Waals surface area contributed by atoms with Crippen LogP contribution in [0.4, 0.5) is 5.69 Å². The lowest BCUT2D eigenvalue weighted by molar-refractivity contribution is -0.128. The Hall–Kier alpha value is -2.30. The third-order valence-corrected chi connectivity index (χ3v) is 3.74. The topological polar surface area (TPSA) is 49.9 Å². The maximum absolute atomic E-state index is 11.7. The standard InChI is InChI=1S/C16H20N2O3/c1-4-15(19)18-10-9-17(11-12(18)2)14-7-5-13(6-8-14)16(20)21-3/h4-8,12H,1,9-11H2,2-3H3. The molecular formula is C16H20N2O3. The quantitative estimate of drug-likeness (QED) is 0.627. The van der Waals surface area contributed by atoms with Crippen LogP contribution in [0.3, 0.4) is 0 Å². The molecule has 1 saturated heterocycles. The van der Waals surface area contributed by atoms with Gasteiger partial charge in [-0.25, -0.2) is 4.79 Å². The van der Waals surface area contributed by atoms with E-state index >= 15 is 0 Å². The Kier molecular flexibility index (Phi) is 4.62. The average molecular weight is 288 g/mol. The number of rotatable bonds is 3. The van der Waals surface area contributed by atoms with Gasteiger partial charge < -0.3 is 14.5 Å². The number of nitrogens with zero attached hydrogens (tertiary/aromatic N) is 2. The summed E-state index contributed by atoms with van der Waals surface area (Å²) in [6.45, 7) is 7.76. The van der Waals surface area contributed by atoms with Gasteiger partial charge in [-0.05, 0) is 37.3 Å². The summed E-state index contributed by atoms with van der Waals surface area (Å²) in [5, 5.41) is 0.